The highest BCUT2D eigenvalue weighted by Crippen LogP contribution is 2.16. The molecule has 0 atom stereocenters. The first-order valence-electron chi connectivity index (χ1n) is 8.15. The highest BCUT2D eigenvalue weighted by Gasteiger charge is 2.26. The molecule has 2 aromatic carbocycles. The lowest BCUT2D eigenvalue weighted by Gasteiger charge is -2.12. The smallest absolute Gasteiger partial charge is 0.338 e. The quantitative estimate of drug-likeness (QED) is 0.802. The van der Waals surface area contributed by atoms with Gasteiger partial charge < -0.3 is 14.8 Å². The summed E-state index contributed by atoms with van der Waals surface area (Å²) < 4.78 is 10.7. The molecule has 7 heteroatoms. The van der Waals surface area contributed by atoms with E-state index in [0.29, 0.717) is 18.9 Å². The van der Waals surface area contributed by atoms with Gasteiger partial charge in [0.15, 0.2) is 6.61 Å². The van der Waals surface area contributed by atoms with E-state index >= 15 is 0 Å². The van der Waals surface area contributed by atoms with Crippen LogP contribution in [0.1, 0.15) is 15.9 Å². The van der Waals surface area contributed by atoms with Gasteiger partial charge in [0.2, 0.25) is 0 Å². The number of carbonyl (C=O) groups is 3. The van der Waals surface area contributed by atoms with Crippen molar-refractivity contribution in [2.45, 2.75) is 6.61 Å². The van der Waals surface area contributed by atoms with Crippen LogP contribution in [-0.2, 0) is 16.1 Å². The maximum atomic E-state index is 12.1. The van der Waals surface area contributed by atoms with E-state index in [1.165, 1.54) is 0 Å². The highest BCUT2D eigenvalue weighted by atomic mass is 16.5. The molecule has 0 bridgehead atoms. The van der Waals surface area contributed by atoms with Gasteiger partial charge in [0.05, 0.1) is 5.56 Å². The molecule has 3 amide bonds. The minimum atomic E-state index is -0.650. The second-order valence-corrected chi connectivity index (χ2v) is 5.66. The molecule has 3 rings (SSSR count). The molecule has 0 spiro atoms. The number of esters is 1. The first kappa shape index (κ1) is 17.5. The van der Waals surface area contributed by atoms with Gasteiger partial charge in [-0.15, -0.1) is 0 Å². The van der Waals surface area contributed by atoms with E-state index in [9.17, 15) is 14.4 Å². The second-order valence-electron chi connectivity index (χ2n) is 5.66. The van der Waals surface area contributed by atoms with E-state index in [1.54, 1.807) is 24.3 Å². The average Bonchev–Trinajstić information content (AvgIpc) is 3.11. The molecule has 1 saturated heterocycles. The predicted octanol–water partition coefficient (Wildman–Crippen LogP) is 1.97. The monoisotopic (exact) mass is 354 g/mol. The topological polar surface area (TPSA) is 84.9 Å². The lowest BCUT2D eigenvalue weighted by atomic mass is 10.2. The number of amides is 3. The van der Waals surface area contributed by atoms with E-state index in [-0.39, 0.29) is 12.1 Å². The molecular formula is C19H18N2O5. The van der Waals surface area contributed by atoms with Crippen molar-refractivity contribution < 1.29 is 23.9 Å². The summed E-state index contributed by atoms with van der Waals surface area (Å²) in [5.74, 6) is -0.679. The third kappa shape index (κ3) is 4.38. The molecule has 1 aliphatic heterocycles. The molecular weight excluding hydrogens is 336 g/mol. The Kier molecular flexibility index (Phi) is 5.48. The van der Waals surface area contributed by atoms with E-state index in [1.807, 2.05) is 30.3 Å². The van der Waals surface area contributed by atoms with E-state index in [0.717, 1.165) is 10.5 Å². The zero-order valence-corrected chi connectivity index (χ0v) is 14.0. The molecule has 26 heavy (non-hydrogen) atoms. The highest BCUT2D eigenvalue weighted by molar-refractivity contribution is 5.98. The number of nitrogens with one attached hydrogen (secondary N) is 1. The van der Waals surface area contributed by atoms with Crippen molar-refractivity contribution in [2.24, 2.45) is 0 Å². The number of nitrogens with zero attached hydrogens (tertiary/aromatic N) is 1. The van der Waals surface area contributed by atoms with Gasteiger partial charge in [-0.05, 0) is 23.8 Å². The normalized spacial score (nSPS) is 13.2. The molecule has 1 heterocycles. The zero-order valence-electron chi connectivity index (χ0n) is 14.0. The van der Waals surface area contributed by atoms with Crippen LogP contribution in [0.15, 0.2) is 54.6 Å². The van der Waals surface area contributed by atoms with Crippen LogP contribution in [0.25, 0.3) is 0 Å². The van der Waals surface area contributed by atoms with Crippen molar-refractivity contribution in [3.05, 3.63) is 65.7 Å². The van der Waals surface area contributed by atoms with Crippen molar-refractivity contribution in [3.8, 4) is 5.75 Å². The Morgan fingerprint density at radius 1 is 1.08 bits per heavy atom. The third-order valence-electron chi connectivity index (χ3n) is 3.80. The number of benzene rings is 2. The molecule has 7 nitrogen and oxygen atoms in total. The molecule has 0 saturated carbocycles. The molecule has 2 aromatic rings. The predicted molar refractivity (Wildman–Crippen MR) is 92.6 cm³/mol. The minimum Gasteiger partial charge on any atom is -0.489 e. The second kappa shape index (κ2) is 8.15. The van der Waals surface area contributed by atoms with E-state index in [2.05, 4.69) is 5.32 Å². The molecule has 0 radical (unpaired) electrons. The van der Waals surface area contributed by atoms with Crippen LogP contribution in [0.3, 0.4) is 0 Å². The summed E-state index contributed by atoms with van der Waals surface area (Å²) in [7, 11) is 0. The van der Waals surface area contributed by atoms with Gasteiger partial charge in [-0.2, -0.15) is 0 Å². The Hall–Kier alpha value is -3.35. The number of carbonyl (C=O) groups excluding carboxylic acids is 3. The number of imide groups is 1. The van der Waals surface area contributed by atoms with E-state index in [4.69, 9.17) is 9.47 Å². The summed E-state index contributed by atoms with van der Waals surface area (Å²) in [5.41, 5.74) is 1.28. The largest absolute Gasteiger partial charge is 0.489 e. The standard InChI is InChI=1S/C19H18N2O5/c22-17(21-10-9-20-19(21)24)13-26-18(23)15-7-4-8-16(11-15)25-12-14-5-2-1-3-6-14/h1-8,11H,9-10,12-13H2,(H,20,24). The summed E-state index contributed by atoms with van der Waals surface area (Å²) in [6.45, 7) is 0.570. The Bertz CT molecular complexity index is 807. The average molecular weight is 354 g/mol. The van der Waals surface area contributed by atoms with Gasteiger partial charge in [0.25, 0.3) is 5.91 Å². The number of hydrogen-bond donors (Lipinski definition) is 1. The van der Waals surface area contributed by atoms with Crippen LogP contribution < -0.4 is 10.1 Å². The summed E-state index contributed by atoms with van der Waals surface area (Å²) in [6, 6.07) is 15.7. The molecule has 134 valence electrons. The Labute approximate surface area is 150 Å². The van der Waals surface area contributed by atoms with Crippen molar-refractivity contribution in [3.63, 3.8) is 0 Å². The summed E-state index contributed by atoms with van der Waals surface area (Å²) >= 11 is 0. The van der Waals surface area contributed by atoms with Crippen molar-refractivity contribution in [1.29, 1.82) is 0 Å². The van der Waals surface area contributed by atoms with Gasteiger partial charge in [-0.1, -0.05) is 36.4 Å². The SMILES string of the molecule is O=C(OCC(=O)N1CCNC1=O)c1cccc(OCc2ccccc2)c1. The van der Waals surface area contributed by atoms with Gasteiger partial charge >= 0.3 is 12.0 Å². The maximum absolute atomic E-state index is 12.1. The van der Waals surface area contributed by atoms with Gasteiger partial charge in [0.1, 0.15) is 12.4 Å². The number of hydrogen-bond acceptors (Lipinski definition) is 5. The first-order chi connectivity index (χ1) is 12.6. The molecule has 0 aromatic heterocycles. The fourth-order valence-corrected chi connectivity index (χ4v) is 2.45. The fourth-order valence-electron chi connectivity index (χ4n) is 2.45. The van der Waals surface area contributed by atoms with E-state index < -0.39 is 24.5 Å². The van der Waals surface area contributed by atoms with Crippen molar-refractivity contribution >= 4 is 17.9 Å². The van der Waals surface area contributed by atoms with Crippen LogP contribution in [0.4, 0.5) is 4.79 Å². The maximum Gasteiger partial charge on any atom is 0.338 e. The van der Waals surface area contributed by atoms with Crippen molar-refractivity contribution in [2.75, 3.05) is 19.7 Å². The summed E-state index contributed by atoms with van der Waals surface area (Å²) in [5, 5.41) is 2.51. The first-order valence-corrected chi connectivity index (χ1v) is 8.15. The zero-order chi connectivity index (χ0) is 18.4. The van der Waals surface area contributed by atoms with Crippen LogP contribution in [0.5, 0.6) is 5.75 Å². The lowest BCUT2D eigenvalue weighted by molar-refractivity contribution is -0.130. The molecule has 0 aliphatic carbocycles. The lowest BCUT2D eigenvalue weighted by Crippen LogP contribution is -2.37. The van der Waals surface area contributed by atoms with Gasteiger partial charge in [-0.25, -0.2) is 9.59 Å². The summed E-state index contributed by atoms with van der Waals surface area (Å²) in [4.78, 5) is 36.4. The summed E-state index contributed by atoms with van der Waals surface area (Å²) in [6.07, 6.45) is 0. The Morgan fingerprint density at radius 3 is 2.62 bits per heavy atom. The number of urea groups is 1. The van der Waals surface area contributed by atoms with Crippen molar-refractivity contribution in [1.82, 2.24) is 10.2 Å². The minimum absolute atomic E-state index is 0.272. The third-order valence-corrected chi connectivity index (χ3v) is 3.80. The number of ether oxygens (including phenoxy) is 2. The molecule has 1 aliphatic rings. The van der Waals surface area contributed by atoms with Crippen LogP contribution in [0, 0.1) is 0 Å². The molecule has 1 N–H and O–H groups in total. The van der Waals surface area contributed by atoms with Crippen LogP contribution in [-0.4, -0.2) is 42.5 Å². The Balaban J connectivity index is 1.54. The number of rotatable bonds is 6. The van der Waals surface area contributed by atoms with Gasteiger partial charge in [0, 0.05) is 13.1 Å². The van der Waals surface area contributed by atoms with Crippen LogP contribution >= 0.6 is 0 Å². The molecule has 1 fully saturated rings. The van der Waals surface area contributed by atoms with Gasteiger partial charge in [-0.3, -0.25) is 9.69 Å². The molecule has 0 unspecified atom stereocenters. The Morgan fingerprint density at radius 2 is 1.88 bits per heavy atom. The van der Waals surface area contributed by atoms with Crippen LogP contribution in [0.2, 0.25) is 0 Å². The fraction of sp³-hybridized carbons (Fsp3) is 0.211.